The first-order valence-electron chi connectivity index (χ1n) is 5.69. The van der Waals surface area contributed by atoms with Gasteiger partial charge in [-0.1, -0.05) is 23.2 Å². The van der Waals surface area contributed by atoms with Crippen molar-refractivity contribution in [3.05, 3.63) is 27.7 Å². The third-order valence-corrected chi connectivity index (χ3v) is 4.15. The van der Waals surface area contributed by atoms with E-state index in [1.807, 2.05) is 6.92 Å². The van der Waals surface area contributed by atoms with Crippen LogP contribution < -0.4 is 0 Å². The molecule has 0 radical (unpaired) electrons. The minimum absolute atomic E-state index is 0.165. The predicted octanol–water partition coefficient (Wildman–Crippen LogP) is 3.92. The van der Waals surface area contributed by atoms with E-state index in [1.165, 1.54) is 11.8 Å². The summed E-state index contributed by atoms with van der Waals surface area (Å²) in [6.45, 7) is 3.82. The van der Waals surface area contributed by atoms with Crippen molar-refractivity contribution in [2.24, 2.45) is 0 Å². The van der Waals surface area contributed by atoms with Gasteiger partial charge in [-0.25, -0.2) is 0 Å². The topological polar surface area (TPSA) is 43.4 Å². The molecule has 0 saturated carbocycles. The Morgan fingerprint density at radius 3 is 2.63 bits per heavy atom. The highest BCUT2D eigenvalue weighted by molar-refractivity contribution is 8.00. The lowest BCUT2D eigenvalue weighted by Gasteiger charge is -2.07. The number of esters is 1. The Morgan fingerprint density at radius 2 is 2.00 bits per heavy atom. The number of aryl methyl sites for hydroxylation is 1. The molecule has 6 heteroatoms. The van der Waals surface area contributed by atoms with Gasteiger partial charge in [-0.05, 0) is 31.5 Å². The number of hydrogen-bond donors (Lipinski definition) is 0. The van der Waals surface area contributed by atoms with E-state index in [2.05, 4.69) is 0 Å². The molecule has 1 aromatic carbocycles. The highest BCUT2D eigenvalue weighted by Gasteiger charge is 2.13. The number of carbonyl (C=O) groups excluding carboxylic acids is 2. The normalized spacial score (nSPS) is 10.3. The van der Waals surface area contributed by atoms with E-state index in [1.54, 1.807) is 19.1 Å². The number of rotatable bonds is 6. The van der Waals surface area contributed by atoms with Crippen LogP contribution in [0.3, 0.4) is 0 Å². The van der Waals surface area contributed by atoms with E-state index < -0.39 is 5.97 Å². The van der Waals surface area contributed by atoms with E-state index in [9.17, 15) is 9.59 Å². The molecule has 0 heterocycles. The van der Waals surface area contributed by atoms with Gasteiger partial charge in [-0.3, -0.25) is 9.59 Å². The molecule has 1 rings (SSSR count). The average molecular weight is 321 g/mol. The number of benzene rings is 1. The molecule has 0 amide bonds. The summed E-state index contributed by atoms with van der Waals surface area (Å²) in [5.74, 6) is -0.531. The van der Waals surface area contributed by atoms with E-state index in [4.69, 9.17) is 27.9 Å². The van der Waals surface area contributed by atoms with Crippen LogP contribution in [0.2, 0.25) is 10.0 Å². The number of ketones is 1. The van der Waals surface area contributed by atoms with Gasteiger partial charge in [0.1, 0.15) is 6.42 Å². The molecule has 104 valence electrons. The van der Waals surface area contributed by atoms with Gasteiger partial charge in [0.05, 0.1) is 17.4 Å². The Balaban J connectivity index is 2.57. The van der Waals surface area contributed by atoms with Crippen molar-refractivity contribution in [2.45, 2.75) is 25.2 Å². The van der Waals surface area contributed by atoms with Crippen molar-refractivity contribution in [1.82, 2.24) is 0 Å². The van der Waals surface area contributed by atoms with Crippen molar-refractivity contribution < 1.29 is 14.3 Å². The fraction of sp³-hybridized carbons (Fsp3) is 0.385. The van der Waals surface area contributed by atoms with Gasteiger partial charge in [0.2, 0.25) is 0 Å². The molecule has 0 aliphatic heterocycles. The van der Waals surface area contributed by atoms with Crippen molar-refractivity contribution in [2.75, 3.05) is 12.4 Å². The summed E-state index contributed by atoms with van der Waals surface area (Å²) >= 11 is 13.3. The van der Waals surface area contributed by atoms with Crippen molar-refractivity contribution in [1.29, 1.82) is 0 Å². The summed E-state index contributed by atoms with van der Waals surface area (Å²) in [7, 11) is 0. The van der Waals surface area contributed by atoms with Gasteiger partial charge < -0.3 is 4.74 Å². The minimum atomic E-state index is -0.499. The van der Waals surface area contributed by atoms with Crippen LogP contribution in [0.4, 0.5) is 0 Å². The molecule has 0 aliphatic rings. The van der Waals surface area contributed by atoms with Crippen LogP contribution in [0, 0.1) is 6.92 Å². The molecule has 0 N–H and O–H groups in total. The molecule has 0 fully saturated rings. The largest absolute Gasteiger partial charge is 0.466 e. The molecule has 0 aromatic heterocycles. The molecule has 3 nitrogen and oxygen atoms in total. The van der Waals surface area contributed by atoms with Crippen molar-refractivity contribution >= 4 is 46.7 Å². The fourth-order valence-electron chi connectivity index (χ4n) is 1.38. The van der Waals surface area contributed by atoms with Crippen LogP contribution in [-0.4, -0.2) is 24.1 Å². The quantitative estimate of drug-likeness (QED) is 0.452. The summed E-state index contributed by atoms with van der Waals surface area (Å²) in [5.41, 5.74) is 0.856. The predicted molar refractivity (Wildman–Crippen MR) is 78.2 cm³/mol. The monoisotopic (exact) mass is 320 g/mol. The van der Waals surface area contributed by atoms with Gasteiger partial charge in [0.25, 0.3) is 0 Å². The number of Topliss-reactive ketones (excluding diaryl/α,β-unsaturated/α-hetero) is 1. The molecular weight excluding hydrogens is 307 g/mol. The Labute approximate surface area is 126 Å². The maximum Gasteiger partial charge on any atom is 0.313 e. The Kier molecular flexibility index (Phi) is 6.69. The number of halogens is 2. The maximum atomic E-state index is 11.6. The van der Waals surface area contributed by atoms with Crippen LogP contribution in [0.5, 0.6) is 0 Å². The summed E-state index contributed by atoms with van der Waals surface area (Å²) in [5, 5.41) is 1.15. The number of thioether (sulfide) groups is 1. The molecule has 19 heavy (non-hydrogen) atoms. The Morgan fingerprint density at radius 1 is 1.32 bits per heavy atom. The number of ether oxygens (including phenoxy) is 1. The van der Waals surface area contributed by atoms with Crippen LogP contribution in [-0.2, 0) is 14.3 Å². The lowest BCUT2D eigenvalue weighted by Crippen LogP contribution is -2.12. The molecule has 0 bridgehead atoms. The Hall–Kier alpha value is -0.710. The minimum Gasteiger partial charge on any atom is -0.466 e. The molecule has 0 saturated heterocycles. The van der Waals surface area contributed by atoms with Gasteiger partial charge in [-0.2, -0.15) is 0 Å². The molecular formula is C13H14Cl2O3S. The first-order valence-corrected chi connectivity index (χ1v) is 7.44. The third-order valence-electron chi connectivity index (χ3n) is 2.22. The van der Waals surface area contributed by atoms with Crippen molar-refractivity contribution in [3.8, 4) is 0 Å². The van der Waals surface area contributed by atoms with E-state index in [-0.39, 0.29) is 24.6 Å². The standard InChI is InChI=1S/C13H14Cl2O3S/c1-3-18-12(17)6-10(16)7-19-11-5-9(14)4-8(2)13(11)15/h4-5H,3,6-7H2,1-2H3. The third kappa shape index (κ3) is 5.43. The zero-order valence-corrected chi connectivity index (χ0v) is 13.0. The lowest BCUT2D eigenvalue weighted by molar-refractivity contribution is -0.145. The number of carbonyl (C=O) groups is 2. The van der Waals surface area contributed by atoms with Gasteiger partial charge in [0, 0.05) is 9.92 Å². The molecule has 1 aromatic rings. The second-order valence-electron chi connectivity index (χ2n) is 3.84. The number of hydrogen-bond acceptors (Lipinski definition) is 4. The second kappa shape index (κ2) is 7.78. The van der Waals surface area contributed by atoms with Crippen LogP contribution in [0.1, 0.15) is 18.9 Å². The molecule has 0 aliphatic carbocycles. The molecule has 0 atom stereocenters. The van der Waals surface area contributed by atoms with Crippen molar-refractivity contribution in [3.63, 3.8) is 0 Å². The highest BCUT2D eigenvalue weighted by Crippen LogP contribution is 2.32. The lowest BCUT2D eigenvalue weighted by atomic mass is 10.2. The first-order chi connectivity index (χ1) is 8.93. The first kappa shape index (κ1) is 16.3. The SMILES string of the molecule is CCOC(=O)CC(=O)CSc1cc(Cl)cc(C)c1Cl. The summed E-state index contributed by atoms with van der Waals surface area (Å²) < 4.78 is 4.71. The smallest absolute Gasteiger partial charge is 0.313 e. The molecule has 0 unspecified atom stereocenters. The average Bonchev–Trinajstić information content (AvgIpc) is 2.32. The fourth-order valence-corrected chi connectivity index (χ4v) is 2.91. The summed E-state index contributed by atoms with van der Waals surface area (Å²) in [4.78, 5) is 23.5. The van der Waals surface area contributed by atoms with Gasteiger partial charge in [-0.15, -0.1) is 11.8 Å². The van der Waals surface area contributed by atoms with E-state index in [0.717, 1.165) is 10.5 Å². The molecule has 0 spiro atoms. The van der Waals surface area contributed by atoms with E-state index in [0.29, 0.717) is 10.0 Å². The van der Waals surface area contributed by atoms with Gasteiger partial charge >= 0.3 is 5.97 Å². The second-order valence-corrected chi connectivity index (χ2v) is 5.68. The van der Waals surface area contributed by atoms with Gasteiger partial charge in [0.15, 0.2) is 5.78 Å². The summed E-state index contributed by atoms with van der Waals surface area (Å²) in [6.07, 6.45) is -0.210. The van der Waals surface area contributed by atoms with Crippen LogP contribution >= 0.6 is 35.0 Å². The highest BCUT2D eigenvalue weighted by atomic mass is 35.5. The zero-order chi connectivity index (χ0) is 14.4. The summed E-state index contributed by atoms with van der Waals surface area (Å²) in [6, 6.07) is 3.47. The Bertz CT molecular complexity index is 489. The van der Waals surface area contributed by atoms with Crippen LogP contribution in [0.15, 0.2) is 17.0 Å². The van der Waals surface area contributed by atoms with E-state index >= 15 is 0 Å². The zero-order valence-electron chi connectivity index (χ0n) is 10.7. The maximum absolute atomic E-state index is 11.6. The van der Waals surface area contributed by atoms with Crippen LogP contribution in [0.25, 0.3) is 0 Å².